The molecule has 0 N–H and O–H groups in total. The topological polar surface area (TPSA) is 91.2 Å². The lowest BCUT2D eigenvalue weighted by Gasteiger charge is -2.54. The number of nitrogens with zero attached hydrogens (tertiary/aromatic N) is 4. The highest BCUT2D eigenvalue weighted by atomic mass is 16.6. The number of fused-ring (bicyclic) bond motifs is 8. The van der Waals surface area contributed by atoms with E-state index in [0.717, 1.165) is 92.3 Å². The van der Waals surface area contributed by atoms with Crippen LogP contribution in [0.4, 0.5) is 11.4 Å². The van der Waals surface area contributed by atoms with Gasteiger partial charge in [-0.05, 0) is 87.6 Å². The quantitative estimate of drug-likeness (QED) is 0.199. The SMILES string of the molecule is C/C=C1/CN2CC[C@@]34c5cc6oc7cc8c(cc7c6cc5N(C)C23CC[C@@H]1[C@H]4C(=O)OC)[C@]12CCN3CC4(OC4C)[C@H](CCC31N8C)[C@H]2C(=O)OC. The minimum absolute atomic E-state index is 0.0907. The van der Waals surface area contributed by atoms with Gasteiger partial charge in [-0.15, -0.1) is 0 Å². The number of ether oxygens (including phenoxy) is 3. The van der Waals surface area contributed by atoms with Crippen LogP contribution in [0.1, 0.15) is 63.5 Å². The number of anilines is 2. The Kier molecular flexibility index (Phi) is 5.44. The van der Waals surface area contributed by atoms with Gasteiger partial charge < -0.3 is 28.4 Å². The van der Waals surface area contributed by atoms with E-state index in [9.17, 15) is 9.59 Å². The molecule has 2 aliphatic carbocycles. The van der Waals surface area contributed by atoms with Crippen LogP contribution in [0.15, 0.2) is 40.3 Å². The molecule has 8 bridgehead atoms. The number of methoxy groups -OCH3 is 2. The third-order valence-corrected chi connectivity index (χ3v) is 17.2. The van der Waals surface area contributed by atoms with Crippen LogP contribution >= 0.6 is 0 Å². The number of furan rings is 1. The summed E-state index contributed by atoms with van der Waals surface area (Å²) in [6.07, 6.45) is 8.15. The van der Waals surface area contributed by atoms with Gasteiger partial charge in [-0.1, -0.05) is 11.6 Å². The van der Waals surface area contributed by atoms with Gasteiger partial charge in [0.2, 0.25) is 0 Å². The lowest BCUT2D eigenvalue weighted by molar-refractivity contribution is -0.156. The second-order valence-corrected chi connectivity index (χ2v) is 17.7. The molecule has 10 heterocycles. The Morgan fingerprint density at radius 3 is 2.12 bits per heavy atom. The van der Waals surface area contributed by atoms with Gasteiger partial charge >= 0.3 is 11.9 Å². The third-order valence-electron chi connectivity index (χ3n) is 17.2. The fourth-order valence-electron chi connectivity index (χ4n) is 15.4. The van der Waals surface area contributed by atoms with Crippen molar-refractivity contribution in [2.45, 2.75) is 86.2 Å². The first-order chi connectivity index (χ1) is 25.1. The van der Waals surface area contributed by atoms with Crippen LogP contribution in [-0.4, -0.2) is 99.3 Å². The van der Waals surface area contributed by atoms with Crippen LogP contribution in [-0.2, 0) is 34.6 Å². The zero-order valence-corrected chi connectivity index (χ0v) is 31.1. The van der Waals surface area contributed by atoms with Crippen molar-refractivity contribution < 1.29 is 28.2 Å². The Morgan fingerprint density at radius 1 is 0.808 bits per heavy atom. The number of carbonyl (C=O) groups is 2. The summed E-state index contributed by atoms with van der Waals surface area (Å²) >= 11 is 0. The van der Waals surface area contributed by atoms with Gasteiger partial charge in [-0.2, -0.15) is 0 Å². The first kappa shape index (κ1) is 30.8. The van der Waals surface area contributed by atoms with Gasteiger partial charge in [-0.3, -0.25) is 19.4 Å². The van der Waals surface area contributed by atoms with E-state index in [0.29, 0.717) is 0 Å². The van der Waals surface area contributed by atoms with E-state index < -0.39 is 10.8 Å². The van der Waals surface area contributed by atoms with E-state index in [1.165, 1.54) is 22.4 Å². The summed E-state index contributed by atoms with van der Waals surface area (Å²) in [4.78, 5) is 38.6. The van der Waals surface area contributed by atoms with E-state index in [2.05, 4.69) is 77.9 Å². The Bertz CT molecular complexity index is 2230. The van der Waals surface area contributed by atoms with E-state index >= 15 is 0 Å². The second kappa shape index (κ2) is 9.19. The molecule has 9 aliphatic heterocycles. The molecule has 9 fully saturated rings. The predicted octanol–water partition coefficient (Wildman–Crippen LogP) is 5.29. The van der Waals surface area contributed by atoms with Crippen LogP contribution < -0.4 is 9.80 Å². The maximum absolute atomic E-state index is 14.2. The molecule has 10 heteroatoms. The van der Waals surface area contributed by atoms with Crippen LogP contribution in [0.2, 0.25) is 0 Å². The number of benzene rings is 2. The van der Waals surface area contributed by atoms with Gasteiger partial charge in [0.1, 0.15) is 28.1 Å². The summed E-state index contributed by atoms with van der Waals surface area (Å²) < 4.78 is 24.8. The molecule has 0 radical (unpaired) electrons. The van der Waals surface area contributed by atoms with Crippen LogP contribution in [0.25, 0.3) is 21.9 Å². The average molecular weight is 705 g/mol. The zero-order chi connectivity index (χ0) is 35.5. The Balaban J connectivity index is 1.09. The minimum Gasteiger partial charge on any atom is -0.469 e. The first-order valence-electron chi connectivity index (χ1n) is 19.6. The van der Waals surface area contributed by atoms with Crippen molar-refractivity contribution in [3.63, 3.8) is 0 Å². The lowest BCUT2D eigenvalue weighted by Crippen LogP contribution is -2.66. The second-order valence-electron chi connectivity index (χ2n) is 17.7. The van der Waals surface area contributed by atoms with Crippen molar-refractivity contribution in [3.05, 3.63) is 47.0 Å². The van der Waals surface area contributed by atoms with E-state index in [-0.39, 0.29) is 58.6 Å². The van der Waals surface area contributed by atoms with E-state index in [4.69, 9.17) is 18.6 Å². The van der Waals surface area contributed by atoms with Crippen molar-refractivity contribution in [2.24, 2.45) is 23.7 Å². The molecular formula is C42H48N4O6. The summed E-state index contributed by atoms with van der Waals surface area (Å²) in [6.45, 7) is 7.94. The molecule has 6 unspecified atom stereocenters. The molecule has 7 saturated heterocycles. The molecule has 2 aromatic carbocycles. The van der Waals surface area contributed by atoms with Crippen LogP contribution in [0, 0.1) is 23.7 Å². The number of carbonyl (C=O) groups excluding carboxylic acids is 2. The van der Waals surface area contributed by atoms with Gasteiger partial charge in [0, 0.05) is 85.2 Å². The molecule has 3 spiro atoms. The standard InChI is InChI=1S/C42H48N4O6/c1-7-23-20-45-14-12-38-29-18-32-26(17-30(29)43(3)41(38,45)10-8-24(23)34(38)36(47)49-5)25-16-28-31(19-33(25)51-32)44(4)42-11-9-27-35(37(48)50-6)39(28,42)13-15-46(42)21-40(27)22(2)52-40/h7,16-19,22,24,27,34-35H,8-15,20-21H2,1-6H3/b23-7-/t22?,24-,27+,34-,35-,38-,39-,40?,41?,42?/m0/s1. The highest BCUT2D eigenvalue weighted by Gasteiger charge is 2.82. The smallest absolute Gasteiger partial charge is 0.310 e. The third kappa shape index (κ3) is 2.81. The number of hydrogen-bond donors (Lipinski definition) is 0. The fourth-order valence-corrected chi connectivity index (χ4v) is 15.4. The molecule has 0 amide bonds. The average Bonchev–Trinajstić information content (AvgIpc) is 3.33. The Morgan fingerprint density at radius 2 is 1.40 bits per heavy atom. The summed E-state index contributed by atoms with van der Waals surface area (Å²) in [5, 5.41) is 2.19. The van der Waals surface area contributed by atoms with Gasteiger partial charge in [0.15, 0.2) is 0 Å². The number of esters is 2. The maximum Gasteiger partial charge on any atom is 0.310 e. The summed E-state index contributed by atoms with van der Waals surface area (Å²) in [5.74, 6) is -0.461. The maximum atomic E-state index is 14.2. The number of allylic oxidation sites excluding steroid dienone is 1. The number of hydrogen-bond acceptors (Lipinski definition) is 10. The molecule has 272 valence electrons. The fraction of sp³-hybridized carbons (Fsp3) is 0.619. The van der Waals surface area contributed by atoms with Crippen molar-refractivity contribution >= 4 is 45.3 Å². The molecule has 11 aliphatic rings. The Labute approximate surface area is 303 Å². The minimum atomic E-state index is -0.414. The van der Waals surface area contributed by atoms with Gasteiger partial charge in [0.25, 0.3) is 0 Å². The molecule has 1 aromatic heterocycles. The molecule has 12 atom stereocenters. The van der Waals surface area contributed by atoms with Gasteiger partial charge in [-0.25, -0.2) is 0 Å². The van der Waals surface area contributed by atoms with Crippen molar-refractivity contribution in [1.82, 2.24) is 9.80 Å². The van der Waals surface area contributed by atoms with Crippen molar-refractivity contribution in [2.75, 3.05) is 64.3 Å². The molecular weight excluding hydrogens is 656 g/mol. The summed E-state index contributed by atoms with van der Waals surface area (Å²) in [7, 11) is 7.60. The summed E-state index contributed by atoms with van der Waals surface area (Å²) in [5.41, 5.74) is 6.22. The monoisotopic (exact) mass is 704 g/mol. The molecule has 2 saturated carbocycles. The van der Waals surface area contributed by atoms with Crippen molar-refractivity contribution in [1.29, 1.82) is 0 Å². The van der Waals surface area contributed by atoms with Gasteiger partial charge in [0.05, 0.1) is 32.2 Å². The largest absolute Gasteiger partial charge is 0.469 e. The lowest BCUT2D eigenvalue weighted by atomic mass is 9.53. The van der Waals surface area contributed by atoms with E-state index in [1.54, 1.807) is 14.2 Å². The summed E-state index contributed by atoms with van der Waals surface area (Å²) in [6, 6.07) is 9.28. The van der Waals surface area contributed by atoms with E-state index in [1.807, 2.05) is 0 Å². The Hall–Kier alpha value is -3.60. The first-order valence-corrected chi connectivity index (χ1v) is 19.6. The molecule has 10 nitrogen and oxygen atoms in total. The highest BCUT2D eigenvalue weighted by Crippen LogP contribution is 2.74. The molecule has 3 aromatic rings. The van der Waals surface area contributed by atoms with Crippen LogP contribution in [0.5, 0.6) is 0 Å². The highest BCUT2D eigenvalue weighted by molar-refractivity contribution is 6.09. The predicted molar refractivity (Wildman–Crippen MR) is 195 cm³/mol. The van der Waals surface area contributed by atoms with Crippen molar-refractivity contribution in [3.8, 4) is 0 Å². The number of rotatable bonds is 2. The zero-order valence-electron chi connectivity index (χ0n) is 31.1. The van der Waals surface area contributed by atoms with Crippen LogP contribution in [0.3, 0.4) is 0 Å². The number of likely N-dealkylation sites (N-methyl/N-ethyl adjacent to an activating group) is 2. The normalized spacial score (nSPS) is 46.1. The number of epoxide rings is 1. The molecule has 52 heavy (non-hydrogen) atoms. The molecule has 14 rings (SSSR count).